The number of pyridine rings is 1. The van der Waals surface area contributed by atoms with Crippen molar-refractivity contribution in [2.75, 3.05) is 6.54 Å². The monoisotopic (exact) mass is 284 g/mol. The predicted octanol–water partition coefficient (Wildman–Crippen LogP) is 3.30. The lowest BCUT2D eigenvalue weighted by molar-refractivity contribution is 0.395. The van der Waals surface area contributed by atoms with Crippen LogP contribution in [0.2, 0.25) is 0 Å². The van der Waals surface area contributed by atoms with Crippen LogP contribution in [0.15, 0.2) is 35.8 Å². The highest BCUT2D eigenvalue weighted by Crippen LogP contribution is 2.29. The number of piperidine rings is 1. The molecule has 20 heavy (non-hydrogen) atoms. The molecule has 3 aromatic heterocycles. The zero-order chi connectivity index (χ0) is 13.4. The standard InChI is InChI=1S/C15H16N4S/c1-2-8-16-11(5-1)15-18-12-6-3-9-17-14(12)19(15)13-7-4-10-20-13/h3-4,6-7,9-11,16H,1-2,5,8H2. The van der Waals surface area contributed by atoms with Crippen molar-refractivity contribution in [3.63, 3.8) is 0 Å². The molecule has 1 atom stereocenters. The molecule has 4 heterocycles. The van der Waals surface area contributed by atoms with E-state index in [1.54, 1.807) is 11.3 Å². The minimum absolute atomic E-state index is 0.333. The molecule has 0 bridgehead atoms. The summed E-state index contributed by atoms with van der Waals surface area (Å²) in [5.74, 6) is 1.10. The molecule has 4 nitrogen and oxygen atoms in total. The van der Waals surface area contributed by atoms with Crippen molar-refractivity contribution in [2.24, 2.45) is 0 Å². The largest absolute Gasteiger partial charge is 0.307 e. The highest BCUT2D eigenvalue weighted by atomic mass is 32.1. The Bertz CT molecular complexity index is 711. The third kappa shape index (κ3) is 1.94. The van der Waals surface area contributed by atoms with E-state index in [2.05, 4.69) is 32.4 Å². The van der Waals surface area contributed by atoms with Gasteiger partial charge in [-0.3, -0.25) is 4.57 Å². The van der Waals surface area contributed by atoms with E-state index in [4.69, 9.17) is 4.98 Å². The summed E-state index contributed by atoms with van der Waals surface area (Å²) in [6.07, 6.45) is 5.51. The Morgan fingerprint density at radius 2 is 2.25 bits per heavy atom. The zero-order valence-electron chi connectivity index (χ0n) is 11.1. The Morgan fingerprint density at radius 3 is 3.05 bits per heavy atom. The van der Waals surface area contributed by atoms with Crippen LogP contribution >= 0.6 is 11.3 Å². The first-order valence-electron chi connectivity index (χ1n) is 7.04. The Balaban J connectivity index is 1.92. The van der Waals surface area contributed by atoms with E-state index < -0.39 is 0 Å². The summed E-state index contributed by atoms with van der Waals surface area (Å²) in [6, 6.07) is 8.53. The van der Waals surface area contributed by atoms with E-state index >= 15 is 0 Å². The van der Waals surface area contributed by atoms with Gasteiger partial charge in [-0.25, -0.2) is 9.97 Å². The van der Waals surface area contributed by atoms with Gasteiger partial charge in [0.05, 0.1) is 6.04 Å². The lowest BCUT2D eigenvalue weighted by Crippen LogP contribution is -2.29. The van der Waals surface area contributed by atoms with Crippen molar-refractivity contribution in [3.05, 3.63) is 41.7 Å². The van der Waals surface area contributed by atoms with Crippen molar-refractivity contribution in [3.8, 4) is 5.00 Å². The minimum atomic E-state index is 0.333. The van der Waals surface area contributed by atoms with E-state index in [-0.39, 0.29) is 0 Å². The van der Waals surface area contributed by atoms with E-state index in [0.717, 1.165) is 30.0 Å². The molecule has 1 fully saturated rings. The van der Waals surface area contributed by atoms with Crippen molar-refractivity contribution >= 4 is 22.5 Å². The molecule has 4 rings (SSSR count). The maximum absolute atomic E-state index is 4.84. The SMILES string of the molecule is c1csc(-n2c(C3CCCCN3)nc3cccnc32)c1. The molecule has 0 amide bonds. The van der Waals surface area contributed by atoms with Crippen LogP contribution in [-0.4, -0.2) is 21.1 Å². The van der Waals surface area contributed by atoms with E-state index in [0.29, 0.717) is 6.04 Å². The molecule has 0 aliphatic carbocycles. The first-order valence-corrected chi connectivity index (χ1v) is 7.92. The summed E-state index contributed by atoms with van der Waals surface area (Å²) in [7, 11) is 0. The summed E-state index contributed by atoms with van der Waals surface area (Å²) in [5, 5.41) is 6.88. The van der Waals surface area contributed by atoms with Gasteiger partial charge < -0.3 is 5.32 Å². The highest BCUT2D eigenvalue weighted by molar-refractivity contribution is 7.12. The number of thiophene rings is 1. The third-order valence-corrected chi connectivity index (χ3v) is 4.64. The molecule has 1 unspecified atom stereocenters. The number of nitrogens with one attached hydrogen (secondary N) is 1. The minimum Gasteiger partial charge on any atom is -0.307 e. The molecule has 5 heteroatoms. The fraction of sp³-hybridized carbons (Fsp3) is 0.333. The Kier molecular flexibility index (Phi) is 3.01. The number of imidazole rings is 1. The highest BCUT2D eigenvalue weighted by Gasteiger charge is 2.23. The van der Waals surface area contributed by atoms with Gasteiger partial charge in [-0.1, -0.05) is 6.42 Å². The molecule has 0 spiro atoms. The van der Waals surface area contributed by atoms with Gasteiger partial charge in [0.2, 0.25) is 0 Å². The van der Waals surface area contributed by atoms with Gasteiger partial charge in [-0.2, -0.15) is 0 Å². The Labute approximate surface area is 121 Å². The van der Waals surface area contributed by atoms with Crippen LogP contribution in [0.25, 0.3) is 16.2 Å². The zero-order valence-corrected chi connectivity index (χ0v) is 11.9. The molecule has 0 aromatic carbocycles. The fourth-order valence-corrected chi connectivity index (χ4v) is 3.59. The molecular weight excluding hydrogens is 268 g/mol. The Hall–Kier alpha value is -1.72. The van der Waals surface area contributed by atoms with Crippen LogP contribution in [-0.2, 0) is 0 Å². The molecule has 3 aromatic rings. The molecular formula is C15H16N4S. The number of fused-ring (bicyclic) bond motifs is 1. The average Bonchev–Trinajstić information content (AvgIpc) is 3.14. The molecule has 1 N–H and O–H groups in total. The number of rotatable bonds is 2. The summed E-state index contributed by atoms with van der Waals surface area (Å²) in [6.45, 7) is 1.08. The maximum Gasteiger partial charge on any atom is 0.165 e. The summed E-state index contributed by atoms with van der Waals surface area (Å²) in [5.41, 5.74) is 1.93. The van der Waals surface area contributed by atoms with Crippen molar-refractivity contribution in [2.45, 2.75) is 25.3 Å². The molecule has 1 aliphatic rings. The average molecular weight is 284 g/mol. The normalized spacial score (nSPS) is 19.5. The van der Waals surface area contributed by atoms with Gasteiger partial charge in [0.15, 0.2) is 5.65 Å². The van der Waals surface area contributed by atoms with Crippen LogP contribution in [0, 0.1) is 0 Å². The van der Waals surface area contributed by atoms with Crippen molar-refractivity contribution in [1.82, 2.24) is 19.9 Å². The van der Waals surface area contributed by atoms with Crippen molar-refractivity contribution < 1.29 is 0 Å². The molecule has 102 valence electrons. The summed E-state index contributed by atoms with van der Waals surface area (Å²) < 4.78 is 2.21. The van der Waals surface area contributed by atoms with E-state index in [1.165, 1.54) is 17.8 Å². The van der Waals surface area contributed by atoms with Crippen LogP contribution < -0.4 is 5.32 Å². The van der Waals surface area contributed by atoms with Crippen LogP contribution in [0.1, 0.15) is 31.1 Å². The van der Waals surface area contributed by atoms with Crippen LogP contribution in [0.5, 0.6) is 0 Å². The number of aromatic nitrogens is 3. The number of hydrogen-bond donors (Lipinski definition) is 1. The van der Waals surface area contributed by atoms with Gasteiger partial charge in [-0.15, -0.1) is 11.3 Å². The molecule has 1 aliphatic heterocycles. The molecule has 1 saturated heterocycles. The first-order chi connectivity index (χ1) is 9.93. The predicted molar refractivity (Wildman–Crippen MR) is 81.3 cm³/mol. The topological polar surface area (TPSA) is 42.7 Å². The second-order valence-corrected chi connectivity index (χ2v) is 6.03. The number of hydrogen-bond acceptors (Lipinski definition) is 4. The molecule has 0 radical (unpaired) electrons. The van der Waals surface area contributed by atoms with Crippen molar-refractivity contribution in [1.29, 1.82) is 0 Å². The van der Waals surface area contributed by atoms with E-state index in [1.807, 2.05) is 18.3 Å². The van der Waals surface area contributed by atoms with Gasteiger partial charge >= 0.3 is 0 Å². The smallest absolute Gasteiger partial charge is 0.165 e. The molecule has 0 saturated carbocycles. The van der Waals surface area contributed by atoms with Gasteiger partial charge in [-0.05, 0) is 49.0 Å². The van der Waals surface area contributed by atoms with Gasteiger partial charge in [0.25, 0.3) is 0 Å². The quantitative estimate of drug-likeness (QED) is 0.785. The Morgan fingerprint density at radius 1 is 1.25 bits per heavy atom. The lowest BCUT2D eigenvalue weighted by atomic mass is 10.0. The maximum atomic E-state index is 4.84. The summed E-state index contributed by atoms with van der Waals surface area (Å²) in [4.78, 5) is 9.37. The summed E-state index contributed by atoms with van der Waals surface area (Å²) >= 11 is 1.73. The first kappa shape index (κ1) is 12.1. The lowest BCUT2D eigenvalue weighted by Gasteiger charge is -2.23. The van der Waals surface area contributed by atoms with Crippen LogP contribution in [0.3, 0.4) is 0 Å². The second-order valence-electron chi connectivity index (χ2n) is 5.11. The third-order valence-electron chi connectivity index (χ3n) is 3.79. The van der Waals surface area contributed by atoms with Crippen LogP contribution in [0.4, 0.5) is 0 Å². The second kappa shape index (κ2) is 5.00. The van der Waals surface area contributed by atoms with Gasteiger partial charge in [0, 0.05) is 6.20 Å². The number of nitrogens with zero attached hydrogens (tertiary/aromatic N) is 3. The van der Waals surface area contributed by atoms with Gasteiger partial charge in [0.1, 0.15) is 16.3 Å². The van der Waals surface area contributed by atoms with E-state index in [9.17, 15) is 0 Å². The fourth-order valence-electron chi connectivity index (χ4n) is 2.85.